The van der Waals surface area contributed by atoms with Crippen molar-refractivity contribution in [3.63, 3.8) is 0 Å². The van der Waals surface area contributed by atoms with E-state index in [1.165, 1.54) is 52.8 Å². The smallest absolute Gasteiger partial charge is 0.145 e. The molecular formula is C56H35NOS. The van der Waals surface area contributed by atoms with Crippen LogP contribution < -0.4 is 4.90 Å². The fourth-order valence-corrected chi connectivity index (χ4v) is 10.1. The summed E-state index contributed by atoms with van der Waals surface area (Å²) in [6.45, 7) is 0. The van der Waals surface area contributed by atoms with E-state index in [4.69, 9.17) is 4.42 Å². The number of hydrogen-bond donors (Lipinski definition) is 0. The van der Waals surface area contributed by atoms with Gasteiger partial charge in [0.15, 0.2) is 0 Å². The highest BCUT2D eigenvalue weighted by molar-refractivity contribution is 7.25. The number of rotatable bonds is 6. The summed E-state index contributed by atoms with van der Waals surface area (Å²) >= 11 is 1.85. The molecule has 0 aliphatic heterocycles. The van der Waals surface area contributed by atoms with Crippen molar-refractivity contribution < 1.29 is 4.42 Å². The van der Waals surface area contributed by atoms with Crippen LogP contribution in [-0.2, 0) is 0 Å². The van der Waals surface area contributed by atoms with E-state index >= 15 is 0 Å². The molecule has 0 atom stereocenters. The average Bonchev–Trinajstić information content (AvgIpc) is 3.88. The van der Waals surface area contributed by atoms with Crippen LogP contribution in [0.1, 0.15) is 0 Å². The molecule has 2 aromatic heterocycles. The van der Waals surface area contributed by atoms with Gasteiger partial charge >= 0.3 is 0 Å². The van der Waals surface area contributed by atoms with Crippen LogP contribution in [0.25, 0.3) is 97.0 Å². The van der Waals surface area contributed by atoms with Crippen molar-refractivity contribution in [3.05, 3.63) is 212 Å². The zero-order valence-corrected chi connectivity index (χ0v) is 32.8. The lowest BCUT2D eigenvalue weighted by atomic mass is 9.97. The summed E-state index contributed by atoms with van der Waals surface area (Å²) in [7, 11) is 0. The molecule has 0 radical (unpaired) electrons. The van der Waals surface area contributed by atoms with E-state index in [-0.39, 0.29) is 0 Å². The Morgan fingerprint density at radius 3 is 1.78 bits per heavy atom. The average molecular weight is 770 g/mol. The van der Waals surface area contributed by atoms with Crippen molar-refractivity contribution in [2.24, 2.45) is 0 Å². The maximum Gasteiger partial charge on any atom is 0.145 e. The third-order valence-electron chi connectivity index (χ3n) is 11.9. The van der Waals surface area contributed by atoms with Gasteiger partial charge in [0.2, 0.25) is 0 Å². The molecule has 0 amide bonds. The molecule has 0 bridgehead atoms. The van der Waals surface area contributed by atoms with E-state index in [0.29, 0.717) is 0 Å². The van der Waals surface area contributed by atoms with Crippen LogP contribution in [0.3, 0.4) is 0 Å². The van der Waals surface area contributed by atoms with Gasteiger partial charge in [-0.15, -0.1) is 11.3 Å². The predicted molar refractivity (Wildman–Crippen MR) is 253 cm³/mol. The molecule has 0 unspecified atom stereocenters. The van der Waals surface area contributed by atoms with Gasteiger partial charge in [0, 0.05) is 42.5 Å². The predicted octanol–water partition coefficient (Wildman–Crippen LogP) is 16.7. The largest absolute Gasteiger partial charge is 0.455 e. The second kappa shape index (κ2) is 13.6. The van der Waals surface area contributed by atoms with Crippen molar-refractivity contribution in [3.8, 4) is 33.4 Å². The van der Waals surface area contributed by atoms with Crippen molar-refractivity contribution in [1.29, 1.82) is 0 Å². The van der Waals surface area contributed by atoms with Gasteiger partial charge in [-0.05, 0) is 110 Å². The Balaban J connectivity index is 1.06. The van der Waals surface area contributed by atoms with Crippen molar-refractivity contribution in [1.82, 2.24) is 0 Å². The molecule has 276 valence electrons. The molecule has 2 nitrogen and oxygen atoms in total. The van der Waals surface area contributed by atoms with Gasteiger partial charge in [-0.2, -0.15) is 0 Å². The molecule has 0 saturated carbocycles. The molecule has 10 aromatic carbocycles. The number of anilines is 3. The Morgan fingerprint density at radius 1 is 0.356 bits per heavy atom. The first kappa shape index (κ1) is 33.7. The number of thiophene rings is 1. The molecular weight excluding hydrogens is 735 g/mol. The molecule has 0 N–H and O–H groups in total. The number of benzene rings is 10. The molecule has 12 aromatic rings. The lowest BCUT2D eigenvalue weighted by Gasteiger charge is -2.27. The zero-order chi connectivity index (χ0) is 38.9. The Kier molecular flexibility index (Phi) is 7.75. The quantitative estimate of drug-likeness (QED) is 0.157. The van der Waals surface area contributed by atoms with E-state index in [2.05, 4.69) is 217 Å². The van der Waals surface area contributed by atoms with E-state index < -0.39 is 0 Å². The highest BCUT2D eigenvalue weighted by atomic mass is 32.1. The summed E-state index contributed by atoms with van der Waals surface area (Å²) in [6, 6.07) is 76.9. The van der Waals surface area contributed by atoms with E-state index in [0.717, 1.165) is 61.3 Å². The molecule has 0 spiro atoms. The summed E-state index contributed by atoms with van der Waals surface area (Å²) in [5, 5.41) is 9.81. The zero-order valence-electron chi connectivity index (χ0n) is 32.0. The summed E-state index contributed by atoms with van der Waals surface area (Å²) in [5.74, 6) is 0. The van der Waals surface area contributed by atoms with Crippen molar-refractivity contribution in [2.75, 3.05) is 4.90 Å². The first-order valence-corrected chi connectivity index (χ1v) is 20.9. The third-order valence-corrected chi connectivity index (χ3v) is 13.0. The standard InChI is InChI=1S/C56H35NOS/c1-3-11-36(12-4-1)41-24-29-50-52(34-41)58-56-47(38-13-5-2-6-14-38)31-32-51(55(50)56)57(44-27-30-49-48-17-9-10-18-53(48)59-54(49)35-44)43-25-21-37(22-26-43)40-23-28-46-42(33-40)20-19-39-15-7-8-16-45(39)46/h1-35H. The van der Waals surface area contributed by atoms with Crippen LogP contribution in [0.2, 0.25) is 0 Å². The minimum absolute atomic E-state index is 0.866. The fraction of sp³-hybridized carbons (Fsp3) is 0. The lowest BCUT2D eigenvalue weighted by Crippen LogP contribution is -2.10. The Hall–Kier alpha value is -7.46. The van der Waals surface area contributed by atoms with Crippen molar-refractivity contribution >= 4 is 92.1 Å². The van der Waals surface area contributed by atoms with Gasteiger partial charge in [0.05, 0.1) is 11.1 Å². The number of fused-ring (bicyclic) bond motifs is 9. The molecule has 0 fully saturated rings. The van der Waals surface area contributed by atoms with E-state index in [1.807, 2.05) is 11.3 Å². The summed E-state index contributed by atoms with van der Waals surface area (Å²) in [5.41, 5.74) is 11.8. The highest BCUT2D eigenvalue weighted by Crippen LogP contribution is 2.48. The first-order chi connectivity index (χ1) is 29.2. The molecule has 59 heavy (non-hydrogen) atoms. The highest BCUT2D eigenvalue weighted by Gasteiger charge is 2.23. The number of nitrogens with zero attached hydrogens (tertiary/aromatic N) is 1. The Morgan fingerprint density at radius 2 is 0.949 bits per heavy atom. The first-order valence-electron chi connectivity index (χ1n) is 20.1. The maximum absolute atomic E-state index is 6.99. The number of furan rings is 1. The van der Waals surface area contributed by atoms with Crippen LogP contribution >= 0.6 is 11.3 Å². The van der Waals surface area contributed by atoms with Gasteiger partial charge in [-0.25, -0.2) is 0 Å². The van der Waals surface area contributed by atoms with Gasteiger partial charge in [-0.3, -0.25) is 0 Å². The Bertz CT molecular complexity index is 3550. The summed E-state index contributed by atoms with van der Waals surface area (Å²) < 4.78 is 9.54. The van der Waals surface area contributed by atoms with Gasteiger partial charge in [0.25, 0.3) is 0 Å². The molecule has 2 heterocycles. The van der Waals surface area contributed by atoms with Crippen LogP contribution in [0.5, 0.6) is 0 Å². The summed E-state index contributed by atoms with van der Waals surface area (Å²) in [6.07, 6.45) is 0. The normalized spacial score (nSPS) is 11.7. The Labute approximate surface area is 345 Å². The number of hydrogen-bond acceptors (Lipinski definition) is 3. The lowest BCUT2D eigenvalue weighted by molar-refractivity contribution is 0.670. The van der Waals surface area contributed by atoms with Crippen LogP contribution in [-0.4, -0.2) is 0 Å². The fourth-order valence-electron chi connectivity index (χ4n) is 8.98. The SMILES string of the molecule is c1ccc(-c2ccc3c(c2)oc2c(-c4ccccc4)ccc(N(c4ccc(-c5ccc6c(ccc7ccccc76)c5)cc4)c4ccc5c(c4)sc4ccccc45)c23)cc1. The topological polar surface area (TPSA) is 16.4 Å². The van der Waals surface area contributed by atoms with Crippen molar-refractivity contribution in [2.45, 2.75) is 0 Å². The van der Waals surface area contributed by atoms with Gasteiger partial charge in [0.1, 0.15) is 11.2 Å². The molecule has 3 heteroatoms. The minimum atomic E-state index is 0.866. The van der Waals surface area contributed by atoms with E-state index in [1.54, 1.807) is 0 Å². The van der Waals surface area contributed by atoms with Gasteiger partial charge in [-0.1, -0.05) is 152 Å². The van der Waals surface area contributed by atoms with Crippen LogP contribution in [0, 0.1) is 0 Å². The molecule has 0 aliphatic carbocycles. The molecule has 0 saturated heterocycles. The van der Waals surface area contributed by atoms with Crippen LogP contribution in [0.15, 0.2) is 217 Å². The molecule has 12 rings (SSSR count). The monoisotopic (exact) mass is 769 g/mol. The maximum atomic E-state index is 6.99. The second-order valence-corrected chi connectivity index (χ2v) is 16.3. The van der Waals surface area contributed by atoms with Crippen LogP contribution in [0.4, 0.5) is 17.1 Å². The molecule has 0 aliphatic rings. The second-order valence-electron chi connectivity index (χ2n) is 15.3. The summed E-state index contributed by atoms with van der Waals surface area (Å²) in [4.78, 5) is 2.41. The van der Waals surface area contributed by atoms with Gasteiger partial charge < -0.3 is 9.32 Å². The third kappa shape index (κ3) is 5.62. The van der Waals surface area contributed by atoms with E-state index in [9.17, 15) is 0 Å². The minimum Gasteiger partial charge on any atom is -0.455 e.